The minimum atomic E-state index is 0.290. The molecule has 0 saturated heterocycles. The van der Waals surface area contributed by atoms with Crippen molar-refractivity contribution in [2.75, 3.05) is 5.73 Å². The van der Waals surface area contributed by atoms with Gasteiger partial charge in [0, 0.05) is 5.02 Å². The van der Waals surface area contributed by atoms with Crippen LogP contribution in [0.15, 0.2) is 24.3 Å². The van der Waals surface area contributed by atoms with Crippen LogP contribution in [0.3, 0.4) is 0 Å². The van der Waals surface area contributed by atoms with Crippen LogP contribution < -0.4 is 5.73 Å². The van der Waals surface area contributed by atoms with Gasteiger partial charge < -0.3 is 5.73 Å². The Morgan fingerprint density at radius 1 is 1.40 bits per heavy atom. The Kier molecular flexibility index (Phi) is 3.14. The van der Waals surface area contributed by atoms with Crippen molar-refractivity contribution in [1.29, 1.82) is 0 Å². The third-order valence-electron chi connectivity index (χ3n) is 3.27. The predicted octanol–water partition coefficient (Wildman–Crippen LogP) is 3.17. The van der Waals surface area contributed by atoms with Gasteiger partial charge in [0.05, 0.1) is 17.6 Å². The number of anilines is 1. The van der Waals surface area contributed by atoms with Gasteiger partial charge in [-0.15, -0.1) is 0 Å². The summed E-state index contributed by atoms with van der Waals surface area (Å²) in [6.45, 7) is 4.81. The normalized spacial score (nSPS) is 11.6. The second-order valence-electron chi connectivity index (χ2n) is 5.16. The molecule has 0 atom stereocenters. The van der Waals surface area contributed by atoms with E-state index in [0.717, 1.165) is 27.3 Å². The largest absolute Gasteiger partial charge is 0.383 e. The van der Waals surface area contributed by atoms with Gasteiger partial charge >= 0.3 is 0 Å². The molecule has 6 heteroatoms. The van der Waals surface area contributed by atoms with Gasteiger partial charge in [-0.1, -0.05) is 37.6 Å². The smallest absolute Gasteiger partial charge is 0.182 e. The number of rotatable bonds is 3. The monoisotopic (exact) mass is 289 g/mol. The van der Waals surface area contributed by atoms with Crippen LogP contribution in [-0.2, 0) is 6.54 Å². The van der Waals surface area contributed by atoms with Crippen LogP contribution in [0.4, 0.5) is 5.82 Å². The number of nitrogens with two attached hydrogens (primary N) is 1. The first kappa shape index (κ1) is 13.0. The number of aromatic nitrogens is 4. The second-order valence-corrected chi connectivity index (χ2v) is 5.60. The van der Waals surface area contributed by atoms with Crippen LogP contribution in [-0.4, -0.2) is 20.0 Å². The molecule has 0 bridgehead atoms. The van der Waals surface area contributed by atoms with Gasteiger partial charge in [0.25, 0.3) is 0 Å². The summed E-state index contributed by atoms with van der Waals surface area (Å²) in [7, 11) is 0. The number of halogens is 1. The predicted molar refractivity (Wildman–Crippen MR) is 80.9 cm³/mol. The maximum atomic E-state index is 6.02. The van der Waals surface area contributed by atoms with Crippen molar-refractivity contribution >= 4 is 28.5 Å². The van der Waals surface area contributed by atoms with Crippen LogP contribution in [0, 0.1) is 0 Å². The number of nitrogens with one attached hydrogen (secondary N) is 1. The van der Waals surface area contributed by atoms with Gasteiger partial charge in [0.2, 0.25) is 0 Å². The van der Waals surface area contributed by atoms with Gasteiger partial charge in [-0.25, -0.2) is 4.68 Å². The molecule has 3 aromatic rings. The van der Waals surface area contributed by atoms with Crippen LogP contribution in [0.25, 0.3) is 11.0 Å². The molecule has 0 fully saturated rings. The minimum Gasteiger partial charge on any atom is -0.383 e. The summed E-state index contributed by atoms with van der Waals surface area (Å²) >= 11 is 6.02. The van der Waals surface area contributed by atoms with Crippen LogP contribution in [0.1, 0.15) is 31.0 Å². The Morgan fingerprint density at radius 2 is 2.20 bits per heavy atom. The Hall–Kier alpha value is -2.01. The molecule has 0 aliphatic heterocycles. The van der Waals surface area contributed by atoms with Crippen molar-refractivity contribution in [3.63, 3.8) is 0 Å². The maximum absolute atomic E-state index is 6.02. The third-order valence-corrected chi connectivity index (χ3v) is 3.51. The molecule has 0 amide bonds. The van der Waals surface area contributed by atoms with Gasteiger partial charge in [-0.05, 0) is 23.6 Å². The first-order valence-electron chi connectivity index (χ1n) is 6.51. The molecule has 0 aliphatic rings. The number of benzene rings is 1. The number of nitrogen functional groups attached to an aromatic ring is 1. The summed E-state index contributed by atoms with van der Waals surface area (Å²) < 4.78 is 1.86. The molecule has 2 heterocycles. The Labute approximate surface area is 121 Å². The highest BCUT2D eigenvalue weighted by Gasteiger charge is 2.18. The molecule has 3 N–H and O–H groups in total. The summed E-state index contributed by atoms with van der Waals surface area (Å²) in [5.41, 5.74) is 8.78. The van der Waals surface area contributed by atoms with E-state index in [1.54, 1.807) is 0 Å². The molecule has 0 saturated carbocycles. The van der Waals surface area contributed by atoms with Crippen molar-refractivity contribution in [1.82, 2.24) is 20.0 Å². The van der Waals surface area contributed by atoms with E-state index in [4.69, 9.17) is 17.3 Å². The third kappa shape index (κ3) is 2.14. The lowest BCUT2D eigenvalue weighted by molar-refractivity contribution is 0.666. The number of H-pyrrole nitrogens is 1. The number of fused-ring (bicyclic) bond motifs is 1. The van der Waals surface area contributed by atoms with Crippen molar-refractivity contribution in [3.05, 3.63) is 40.5 Å². The van der Waals surface area contributed by atoms with E-state index in [-0.39, 0.29) is 5.92 Å². The van der Waals surface area contributed by atoms with Gasteiger partial charge in [-0.3, -0.25) is 5.10 Å². The Balaban J connectivity index is 2.08. The highest BCUT2D eigenvalue weighted by atomic mass is 35.5. The number of aromatic amines is 1. The van der Waals surface area contributed by atoms with Gasteiger partial charge in [0.1, 0.15) is 5.82 Å². The molecular formula is C14H16ClN5. The molecule has 20 heavy (non-hydrogen) atoms. The fourth-order valence-electron chi connectivity index (χ4n) is 2.33. The van der Waals surface area contributed by atoms with E-state index >= 15 is 0 Å². The molecule has 0 spiro atoms. The molecule has 5 nitrogen and oxygen atoms in total. The van der Waals surface area contributed by atoms with Crippen molar-refractivity contribution < 1.29 is 0 Å². The van der Waals surface area contributed by atoms with Crippen LogP contribution in [0.2, 0.25) is 5.02 Å². The summed E-state index contributed by atoms with van der Waals surface area (Å²) in [6.07, 6.45) is 0. The quantitative estimate of drug-likeness (QED) is 0.778. The SMILES string of the molecule is CC(C)c1nn(Cc2cccc(Cl)c2)c2n[nH]c(N)c12. The molecule has 2 aromatic heterocycles. The molecule has 0 radical (unpaired) electrons. The van der Waals surface area contributed by atoms with Crippen molar-refractivity contribution in [3.8, 4) is 0 Å². The van der Waals surface area contributed by atoms with Crippen LogP contribution >= 0.6 is 11.6 Å². The Morgan fingerprint density at radius 3 is 2.90 bits per heavy atom. The van der Waals surface area contributed by atoms with Gasteiger partial charge in [0.15, 0.2) is 5.65 Å². The summed E-state index contributed by atoms with van der Waals surface area (Å²) in [5, 5.41) is 13.4. The minimum absolute atomic E-state index is 0.290. The zero-order valence-corrected chi connectivity index (χ0v) is 12.1. The fraction of sp³-hybridized carbons (Fsp3) is 0.286. The molecular weight excluding hydrogens is 274 g/mol. The molecule has 1 aromatic carbocycles. The second kappa shape index (κ2) is 4.83. The standard InChI is InChI=1S/C14H16ClN5/c1-8(2)12-11-13(16)17-18-14(11)20(19-12)7-9-4-3-5-10(15)6-9/h3-6,8H,7H2,1-2H3,(H3,16,17,18). The van der Waals surface area contributed by atoms with Crippen LogP contribution in [0.5, 0.6) is 0 Å². The summed E-state index contributed by atoms with van der Waals surface area (Å²) in [4.78, 5) is 0. The fourth-order valence-corrected chi connectivity index (χ4v) is 2.55. The first-order chi connectivity index (χ1) is 9.56. The molecule has 104 valence electrons. The average molecular weight is 290 g/mol. The van der Waals surface area contributed by atoms with E-state index in [9.17, 15) is 0 Å². The lowest BCUT2D eigenvalue weighted by Crippen LogP contribution is -2.03. The molecule has 0 unspecified atom stereocenters. The van der Waals surface area contributed by atoms with Gasteiger partial charge in [-0.2, -0.15) is 10.2 Å². The van der Waals surface area contributed by atoms with E-state index in [0.29, 0.717) is 12.4 Å². The maximum Gasteiger partial charge on any atom is 0.182 e. The Bertz CT molecular complexity index is 756. The average Bonchev–Trinajstić information content (AvgIpc) is 2.92. The highest BCUT2D eigenvalue weighted by Crippen LogP contribution is 2.28. The zero-order chi connectivity index (χ0) is 14.3. The van der Waals surface area contributed by atoms with E-state index in [1.165, 1.54) is 0 Å². The number of hydrogen-bond donors (Lipinski definition) is 2. The van der Waals surface area contributed by atoms with Crippen molar-refractivity contribution in [2.24, 2.45) is 0 Å². The number of hydrogen-bond acceptors (Lipinski definition) is 3. The summed E-state index contributed by atoms with van der Waals surface area (Å²) in [6, 6.07) is 7.74. The topological polar surface area (TPSA) is 72.5 Å². The molecule has 3 rings (SSSR count). The zero-order valence-electron chi connectivity index (χ0n) is 11.4. The molecule has 0 aliphatic carbocycles. The van der Waals surface area contributed by atoms with E-state index in [2.05, 4.69) is 29.1 Å². The van der Waals surface area contributed by atoms with Crippen molar-refractivity contribution in [2.45, 2.75) is 26.3 Å². The lowest BCUT2D eigenvalue weighted by Gasteiger charge is -2.03. The highest BCUT2D eigenvalue weighted by molar-refractivity contribution is 6.30. The summed E-state index contributed by atoms with van der Waals surface area (Å²) in [5.74, 6) is 0.860. The van der Waals surface area contributed by atoms with E-state index in [1.807, 2.05) is 28.9 Å². The first-order valence-corrected chi connectivity index (χ1v) is 6.88. The number of nitrogens with zero attached hydrogens (tertiary/aromatic N) is 3. The lowest BCUT2D eigenvalue weighted by atomic mass is 10.1. The van der Waals surface area contributed by atoms with E-state index < -0.39 is 0 Å².